The first kappa shape index (κ1) is 19.9. The van der Waals surface area contributed by atoms with Crippen molar-refractivity contribution < 1.29 is 4.74 Å². The van der Waals surface area contributed by atoms with Crippen LogP contribution >= 0.6 is 23.4 Å². The van der Waals surface area contributed by atoms with Crippen molar-refractivity contribution >= 4 is 34.4 Å². The molecule has 0 amide bonds. The van der Waals surface area contributed by atoms with Gasteiger partial charge in [0.1, 0.15) is 11.6 Å². The van der Waals surface area contributed by atoms with Crippen LogP contribution in [0.25, 0.3) is 11.0 Å². The number of halogens is 1. The fourth-order valence-electron chi connectivity index (χ4n) is 3.21. The van der Waals surface area contributed by atoms with Gasteiger partial charge < -0.3 is 9.30 Å². The number of rotatable bonds is 8. The van der Waals surface area contributed by atoms with E-state index < -0.39 is 0 Å². The molecular formula is C24H23ClN2OS. The van der Waals surface area contributed by atoms with Gasteiger partial charge in [-0.3, -0.25) is 0 Å². The molecule has 4 rings (SSSR count). The quantitative estimate of drug-likeness (QED) is 0.232. The van der Waals surface area contributed by atoms with Gasteiger partial charge >= 0.3 is 0 Å². The lowest BCUT2D eigenvalue weighted by atomic mass is 10.2. The Kier molecular flexibility index (Phi) is 6.43. The van der Waals surface area contributed by atoms with Crippen molar-refractivity contribution in [3.63, 3.8) is 0 Å². The van der Waals surface area contributed by atoms with Crippen LogP contribution in [0.15, 0.2) is 77.7 Å². The Hall–Kier alpha value is -2.43. The lowest BCUT2D eigenvalue weighted by molar-refractivity contribution is 0.302. The molecule has 4 aromatic rings. The third kappa shape index (κ3) is 5.14. The fourth-order valence-corrected chi connectivity index (χ4v) is 4.18. The summed E-state index contributed by atoms with van der Waals surface area (Å²) < 4.78 is 8.22. The van der Waals surface area contributed by atoms with Gasteiger partial charge in [-0.1, -0.05) is 41.4 Å². The smallest absolute Gasteiger partial charge is 0.120 e. The lowest BCUT2D eigenvalue weighted by Gasteiger charge is -2.11. The first-order chi connectivity index (χ1) is 14.2. The van der Waals surface area contributed by atoms with Crippen LogP contribution in [0.3, 0.4) is 0 Å². The third-order valence-corrected chi connectivity index (χ3v) is 5.99. The number of para-hydroxylation sites is 2. The number of thioether (sulfide) groups is 1. The van der Waals surface area contributed by atoms with E-state index in [1.165, 1.54) is 16.0 Å². The van der Waals surface area contributed by atoms with Crippen LogP contribution in [0.5, 0.6) is 5.75 Å². The Morgan fingerprint density at radius 3 is 2.52 bits per heavy atom. The van der Waals surface area contributed by atoms with Crippen molar-refractivity contribution in [1.82, 2.24) is 9.55 Å². The summed E-state index contributed by atoms with van der Waals surface area (Å²) in [5, 5.41) is 0.759. The number of imidazole rings is 1. The Labute approximate surface area is 180 Å². The van der Waals surface area contributed by atoms with Gasteiger partial charge in [-0.15, -0.1) is 11.8 Å². The van der Waals surface area contributed by atoms with Crippen LogP contribution in [-0.4, -0.2) is 16.2 Å². The highest BCUT2D eigenvalue weighted by molar-refractivity contribution is 7.98. The van der Waals surface area contributed by atoms with Gasteiger partial charge in [0.2, 0.25) is 0 Å². The van der Waals surface area contributed by atoms with Crippen molar-refractivity contribution in [3.05, 3.63) is 89.2 Å². The Balaban J connectivity index is 1.43. The molecule has 0 spiro atoms. The first-order valence-corrected chi connectivity index (χ1v) is 11.1. The van der Waals surface area contributed by atoms with Crippen LogP contribution in [-0.2, 0) is 12.3 Å². The van der Waals surface area contributed by atoms with Crippen LogP contribution in [0.1, 0.15) is 17.8 Å². The summed E-state index contributed by atoms with van der Waals surface area (Å²) in [6.45, 7) is 3.64. The summed E-state index contributed by atoms with van der Waals surface area (Å²) in [6.07, 6.45) is 0.923. The van der Waals surface area contributed by atoms with Crippen LogP contribution in [0.4, 0.5) is 0 Å². The predicted molar refractivity (Wildman–Crippen MR) is 122 cm³/mol. The van der Waals surface area contributed by atoms with Gasteiger partial charge in [0.25, 0.3) is 0 Å². The van der Waals surface area contributed by atoms with Gasteiger partial charge in [0.15, 0.2) is 0 Å². The van der Waals surface area contributed by atoms with E-state index in [0.29, 0.717) is 6.61 Å². The molecule has 1 heterocycles. The molecule has 0 N–H and O–H groups in total. The molecular weight excluding hydrogens is 400 g/mol. The van der Waals surface area contributed by atoms with Crippen LogP contribution in [0, 0.1) is 6.92 Å². The molecule has 3 nitrogen and oxygen atoms in total. The molecule has 0 atom stereocenters. The molecule has 3 aromatic carbocycles. The zero-order valence-corrected chi connectivity index (χ0v) is 17.9. The number of hydrogen-bond donors (Lipinski definition) is 0. The minimum atomic E-state index is 0.680. The van der Waals surface area contributed by atoms with Gasteiger partial charge in [-0.25, -0.2) is 4.98 Å². The highest BCUT2D eigenvalue weighted by atomic mass is 35.5. The predicted octanol–water partition coefficient (Wildman–Crippen LogP) is 6.76. The number of aryl methyl sites for hydroxylation is 2. The topological polar surface area (TPSA) is 27.1 Å². The average Bonchev–Trinajstić information content (AvgIpc) is 3.10. The van der Waals surface area contributed by atoms with Gasteiger partial charge in [0, 0.05) is 16.5 Å². The second-order valence-electron chi connectivity index (χ2n) is 6.93. The maximum absolute atomic E-state index is 5.99. The molecule has 5 heteroatoms. The van der Waals surface area contributed by atoms with Gasteiger partial charge in [-0.2, -0.15) is 0 Å². The van der Waals surface area contributed by atoms with Crippen LogP contribution in [0.2, 0.25) is 5.02 Å². The largest absolute Gasteiger partial charge is 0.494 e. The van der Waals surface area contributed by atoms with Crippen molar-refractivity contribution in [3.8, 4) is 5.75 Å². The molecule has 148 valence electrons. The summed E-state index contributed by atoms with van der Waals surface area (Å²) in [5.74, 6) is 2.82. The van der Waals surface area contributed by atoms with E-state index in [0.717, 1.165) is 40.8 Å². The standard InChI is InChI=1S/C24H23ClN2OS/c1-18-7-11-20(12-8-18)28-16-4-15-27-23-6-3-2-5-22(23)26-24(27)17-29-21-13-9-19(25)10-14-21/h2-3,5-14H,4,15-17H2,1H3. The second-order valence-corrected chi connectivity index (χ2v) is 8.41. The fraction of sp³-hybridized carbons (Fsp3) is 0.208. The molecule has 0 bridgehead atoms. The van der Waals surface area contributed by atoms with Crippen molar-refractivity contribution in [2.75, 3.05) is 6.61 Å². The molecule has 0 aliphatic rings. The number of fused-ring (bicyclic) bond motifs is 1. The Bertz CT molecular complexity index is 1070. The van der Waals surface area contributed by atoms with E-state index in [1.54, 1.807) is 11.8 Å². The molecule has 0 aliphatic carbocycles. The highest BCUT2D eigenvalue weighted by Crippen LogP contribution is 2.26. The monoisotopic (exact) mass is 422 g/mol. The van der Waals surface area contributed by atoms with Gasteiger partial charge in [-0.05, 0) is 61.9 Å². The molecule has 0 unspecified atom stereocenters. The number of benzene rings is 3. The molecule has 1 aromatic heterocycles. The zero-order valence-electron chi connectivity index (χ0n) is 16.3. The van der Waals surface area contributed by atoms with E-state index in [-0.39, 0.29) is 0 Å². The Morgan fingerprint density at radius 2 is 1.72 bits per heavy atom. The van der Waals surface area contributed by atoms with E-state index >= 15 is 0 Å². The normalized spacial score (nSPS) is 11.1. The molecule has 0 fully saturated rings. The zero-order chi connectivity index (χ0) is 20.1. The molecule has 29 heavy (non-hydrogen) atoms. The summed E-state index contributed by atoms with van der Waals surface area (Å²) in [5.41, 5.74) is 3.46. The molecule has 0 radical (unpaired) electrons. The molecule has 0 aliphatic heterocycles. The third-order valence-electron chi connectivity index (χ3n) is 4.73. The second kappa shape index (κ2) is 9.38. The summed E-state index contributed by atoms with van der Waals surface area (Å²) in [6, 6.07) is 24.5. The van der Waals surface area contributed by atoms with Crippen molar-refractivity contribution in [1.29, 1.82) is 0 Å². The van der Waals surface area contributed by atoms with Crippen molar-refractivity contribution in [2.45, 2.75) is 30.5 Å². The summed E-state index contributed by atoms with van der Waals surface area (Å²) >= 11 is 7.77. The SMILES string of the molecule is Cc1ccc(OCCCn2c(CSc3ccc(Cl)cc3)nc3ccccc32)cc1. The van der Waals surface area contributed by atoms with E-state index in [1.807, 2.05) is 30.3 Å². The van der Waals surface area contributed by atoms with E-state index in [4.69, 9.17) is 21.3 Å². The number of aromatic nitrogens is 2. The van der Waals surface area contributed by atoms with Gasteiger partial charge in [0.05, 0.1) is 23.4 Å². The highest BCUT2D eigenvalue weighted by Gasteiger charge is 2.11. The number of ether oxygens (including phenoxy) is 1. The van der Waals surface area contributed by atoms with Crippen molar-refractivity contribution in [2.24, 2.45) is 0 Å². The first-order valence-electron chi connectivity index (χ1n) is 9.71. The maximum atomic E-state index is 5.99. The minimum Gasteiger partial charge on any atom is -0.494 e. The lowest BCUT2D eigenvalue weighted by Crippen LogP contribution is -2.07. The average molecular weight is 423 g/mol. The number of hydrogen-bond acceptors (Lipinski definition) is 3. The Morgan fingerprint density at radius 1 is 0.966 bits per heavy atom. The molecule has 0 saturated carbocycles. The maximum Gasteiger partial charge on any atom is 0.120 e. The molecule has 0 saturated heterocycles. The van der Waals surface area contributed by atoms with Crippen LogP contribution < -0.4 is 4.74 Å². The minimum absolute atomic E-state index is 0.680. The van der Waals surface area contributed by atoms with E-state index in [2.05, 4.69) is 54.0 Å². The number of nitrogens with zero attached hydrogens (tertiary/aromatic N) is 2. The summed E-state index contributed by atoms with van der Waals surface area (Å²) in [4.78, 5) is 6.06. The van der Waals surface area contributed by atoms with E-state index in [9.17, 15) is 0 Å². The summed E-state index contributed by atoms with van der Waals surface area (Å²) in [7, 11) is 0.